The number of hydrogen-bond donors (Lipinski definition) is 2. The molecule has 0 unspecified atom stereocenters. The van der Waals surface area contributed by atoms with E-state index in [1.54, 1.807) is 30.8 Å². The number of halogens is 1. The van der Waals surface area contributed by atoms with Gasteiger partial charge >= 0.3 is 5.97 Å². The molecule has 4 nitrogen and oxygen atoms in total. The maximum absolute atomic E-state index is 11.2. The van der Waals surface area contributed by atoms with Crippen LogP contribution in [0.1, 0.15) is 10.4 Å². The molecule has 2 aromatic rings. The molecule has 0 saturated carbocycles. The first-order valence-electron chi connectivity index (χ1n) is 4.78. The van der Waals surface area contributed by atoms with Crippen LogP contribution in [-0.4, -0.2) is 23.1 Å². The lowest BCUT2D eigenvalue weighted by atomic mass is 10.1. The molecule has 17 heavy (non-hydrogen) atoms. The minimum Gasteiger partial charge on any atom is -0.478 e. The highest BCUT2D eigenvalue weighted by Gasteiger charge is 2.18. The van der Waals surface area contributed by atoms with E-state index in [0.29, 0.717) is 15.7 Å². The number of anilines is 1. The first kappa shape index (κ1) is 11.9. The van der Waals surface area contributed by atoms with Gasteiger partial charge in [0.15, 0.2) is 0 Å². The van der Waals surface area contributed by atoms with E-state index in [1.165, 1.54) is 11.3 Å². The molecule has 88 valence electrons. The summed E-state index contributed by atoms with van der Waals surface area (Å²) in [5.74, 6) is -0.958. The van der Waals surface area contributed by atoms with Crippen molar-refractivity contribution in [1.82, 2.24) is 4.98 Å². The van der Waals surface area contributed by atoms with E-state index in [-0.39, 0.29) is 5.56 Å². The van der Waals surface area contributed by atoms with Gasteiger partial charge in [-0.2, -0.15) is 0 Å². The Hall–Kier alpha value is -1.59. The standard InChI is InChI=1S/C11H9ClN2O2S/c1-13-10-9(11(15)16)7(5-17-10)6-2-3-8(12)14-4-6/h2-5,13H,1H3,(H,15,16). The molecule has 0 atom stereocenters. The lowest BCUT2D eigenvalue weighted by molar-refractivity contribution is 0.0699. The first-order chi connectivity index (χ1) is 8.13. The molecule has 0 aliphatic heterocycles. The Morgan fingerprint density at radius 1 is 1.53 bits per heavy atom. The fraction of sp³-hybridized carbons (Fsp3) is 0.0909. The van der Waals surface area contributed by atoms with Crippen LogP contribution < -0.4 is 5.32 Å². The van der Waals surface area contributed by atoms with E-state index in [4.69, 9.17) is 11.6 Å². The third kappa shape index (κ3) is 2.25. The summed E-state index contributed by atoms with van der Waals surface area (Å²) in [6, 6.07) is 3.39. The zero-order chi connectivity index (χ0) is 12.4. The number of pyridine rings is 1. The minimum atomic E-state index is -0.958. The molecule has 0 amide bonds. The number of aromatic carboxylic acids is 1. The molecular formula is C11H9ClN2O2S. The highest BCUT2D eigenvalue weighted by atomic mass is 35.5. The van der Waals surface area contributed by atoms with Crippen molar-refractivity contribution in [2.75, 3.05) is 12.4 Å². The average Bonchev–Trinajstić information content (AvgIpc) is 2.73. The Balaban J connectivity index is 2.55. The van der Waals surface area contributed by atoms with Crippen LogP contribution in [0.25, 0.3) is 11.1 Å². The molecule has 0 aromatic carbocycles. The van der Waals surface area contributed by atoms with E-state index in [1.807, 2.05) is 0 Å². The Kier molecular flexibility index (Phi) is 3.31. The number of nitrogens with zero attached hydrogens (tertiary/aromatic N) is 1. The van der Waals surface area contributed by atoms with Gasteiger partial charge in [0.05, 0.1) is 0 Å². The van der Waals surface area contributed by atoms with E-state index in [0.717, 1.165) is 5.56 Å². The molecule has 6 heteroatoms. The maximum Gasteiger partial charge on any atom is 0.339 e. The topological polar surface area (TPSA) is 62.2 Å². The SMILES string of the molecule is CNc1scc(-c2ccc(Cl)nc2)c1C(=O)O. The Morgan fingerprint density at radius 2 is 2.29 bits per heavy atom. The van der Waals surface area contributed by atoms with Crippen molar-refractivity contribution in [3.05, 3.63) is 34.4 Å². The van der Waals surface area contributed by atoms with Crippen LogP contribution in [0, 0.1) is 0 Å². The average molecular weight is 269 g/mol. The molecule has 0 aliphatic rings. The van der Waals surface area contributed by atoms with Crippen molar-refractivity contribution >= 4 is 33.9 Å². The molecule has 0 aliphatic carbocycles. The van der Waals surface area contributed by atoms with Gasteiger partial charge in [0.25, 0.3) is 0 Å². The number of rotatable bonds is 3. The number of thiophene rings is 1. The highest BCUT2D eigenvalue weighted by Crippen LogP contribution is 2.35. The second-order valence-corrected chi connectivity index (χ2v) is 4.55. The summed E-state index contributed by atoms with van der Waals surface area (Å²) in [5, 5.41) is 14.9. The van der Waals surface area contributed by atoms with Crippen molar-refractivity contribution in [3.63, 3.8) is 0 Å². The predicted molar refractivity (Wildman–Crippen MR) is 69.1 cm³/mol. The van der Waals surface area contributed by atoms with Gasteiger partial charge in [-0.05, 0) is 12.1 Å². The molecule has 0 bridgehead atoms. The third-order valence-corrected chi connectivity index (χ3v) is 3.49. The number of carboxylic acid groups (broad SMARTS) is 1. The zero-order valence-electron chi connectivity index (χ0n) is 8.90. The first-order valence-corrected chi connectivity index (χ1v) is 6.03. The smallest absolute Gasteiger partial charge is 0.339 e. The largest absolute Gasteiger partial charge is 0.478 e. The monoisotopic (exact) mass is 268 g/mol. The fourth-order valence-electron chi connectivity index (χ4n) is 1.50. The molecule has 2 aromatic heterocycles. The van der Waals surface area contributed by atoms with Crippen LogP contribution in [0.3, 0.4) is 0 Å². The third-order valence-electron chi connectivity index (χ3n) is 2.27. The highest BCUT2D eigenvalue weighted by molar-refractivity contribution is 7.15. The van der Waals surface area contributed by atoms with Crippen LogP contribution in [0.5, 0.6) is 0 Å². The summed E-state index contributed by atoms with van der Waals surface area (Å²) in [5.41, 5.74) is 1.65. The quantitative estimate of drug-likeness (QED) is 0.839. The predicted octanol–water partition coefficient (Wildman–Crippen LogP) is 3.20. The molecular weight excluding hydrogens is 260 g/mol. The zero-order valence-corrected chi connectivity index (χ0v) is 10.5. The van der Waals surface area contributed by atoms with E-state index < -0.39 is 5.97 Å². The molecule has 0 saturated heterocycles. The van der Waals surface area contributed by atoms with Gasteiger partial charge in [0.2, 0.25) is 0 Å². The number of aromatic nitrogens is 1. The summed E-state index contributed by atoms with van der Waals surface area (Å²) in [4.78, 5) is 15.2. The lowest BCUT2D eigenvalue weighted by Crippen LogP contribution is -2.01. The fourth-order valence-corrected chi connectivity index (χ4v) is 2.54. The van der Waals surface area contributed by atoms with Crippen LogP contribution in [0.2, 0.25) is 5.15 Å². The van der Waals surface area contributed by atoms with Gasteiger partial charge in [0.1, 0.15) is 15.7 Å². The van der Waals surface area contributed by atoms with E-state index in [2.05, 4.69) is 10.3 Å². The van der Waals surface area contributed by atoms with Gasteiger partial charge in [-0.15, -0.1) is 11.3 Å². The van der Waals surface area contributed by atoms with Crippen LogP contribution in [0.15, 0.2) is 23.7 Å². The molecule has 2 heterocycles. The van der Waals surface area contributed by atoms with Crippen molar-refractivity contribution in [2.45, 2.75) is 0 Å². The van der Waals surface area contributed by atoms with Gasteiger partial charge in [-0.3, -0.25) is 0 Å². The second kappa shape index (κ2) is 4.73. The maximum atomic E-state index is 11.2. The van der Waals surface area contributed by atoms with E-state index in [9.17, 15) is 9.90 Å². The minimum absolute atomic E-state index is 0.265. The number of nitrogens with one attached hydrogen (secondary N) is 1. The van der Waals surface area contributed by atoms with Crippen LogP contribution >= 0.6 is 22.9 Å². The summed E-state index contributed by atoms with van der Waals surface area (Å²) < 4.78 is 0. The summed E-state index contributed by atoms with van der Waals surface area (Å²) in [7, 11) is 1.70. The molecule has 2 N–H and O–H groups in total. The summed E-state index contributed by atoms with van der Waals surface area (Å²) >= 11 is 7.05. The Morgan fingerprint density at radius 3 is 2.82 bits per heavy atom. The molecule has 0 radical (unpaired) electrons. The van der Waals surface area contributed by atoms with Crippen molar-refractivity contribution < 1.29 is 9.90 Å². The van der Waals surface area contributed by atoms with Crippen LogP contribution in [0.4, 0.5) is 5.00 Å². The van der Waals surface area contributed by atoms with Gasteiger partial charge in [-0.1, -0.05) is 11.6 Å². The van der Waals surface area contributed by atoms with E-state index >= 15 is 0 Å². The van der Waals surface area contributed by atoms with Gasteiger partial charge < -0.3 is 10.4 Å². The van der Waals surface area contributed by atoms with Crippen molar-refractivity contribution in [1.29, 1.82) is 0 Å². The van der Waals surface area contributed by atoms with Gasteiger partial charge in [0, 0.05) is 29.8 Å². The number of hydrogen-bond acceptors (Lipinski definition) is 4. The lowest BCUT2D eigenvalue weighted by Gasteiger charge is -2.02. The van der Waals surface area contributed by atoms with Gasteiger partial charge in [-0.25, -0.2) is 9.78 Å². The number of carbonyl (C=O) groups is 1. The summed E-state index contributed by atoms with van der Waals surface area (Å²) in [6.45, 7) is 0. The number of carboxylic acids is 1. The van der Waals surface area contributed by atoms with Crippen LogP contribution in [-0.2, 0) is 0 Å². The second-order valence-electron chi connectivity index (χ2n) is 3.28. The summed E-state index contributed by atoms with van der Waals surface area (Å²) in [6.07, 6.45) is 1.57. The molecule has 2 rings (SSSR count). The Bertz CT molecular complexity index is 551. The molecule has 0 spiro atoms. The normalized spacial score (nSPS) is 10.2. The Labute approximate surface area is 107 Å². The van der Waals surface area contributed by atoms with Crippen molar-refractivity contribution in [3.8, 4) is 11.1 Å². The molecule has 0 fully saturated rings. The van der Waals surface area contributed by atoms with Crippen molar-refractivity contribution in [2.24, 2.45) is 0 Å².